The fourth-order valence-corrected chi connectivity index (χ4v) is 3.57. The van der Waals surface area contributed by atoms with E-state index in [1.165, 1.54) is 0 Å². The number of para-hydroxylation sites is 1. The molecule has 0 amide bonds. The van der Waals surface area contributed by atoms with Gasteiger partial charge in [-0.25, -0.2) is 0 Å². The summed E-state index contributed by atoms with van der Waals surface area (Å²) >= 11 is 0. The largest absolute Gasteiger partial charge is 0.457 e. The lowest BCUT2D eigenvalue weighted by Crippen LogP contribution is -2.27. The molecule has 0 fully saturated rings. The lowest BCUT2D eigenvalue weighted by molar-refractivity contribution is -0.116. The third-order valence-electron chi connectivity index (χ3n) is 4.78. The quantitative estimate of drug-likeness (QED) is 0.884. The maximum Gasteiger partial charge on any atom is 0.205 e. The fraction of sp³-hybridized carbons (Fsp3) is 0.182. The molecule has 0 radical (unpaired) electrons. The normalized spacial score (nSPS) is 19.2. The summed E-state index contributed by atoms with van der Waals surface area (Å²) in [6.07, 6.45) is 1.84. The molecule has 2 aromatic rings. The minimum Gasteiger partial charge on any atom is -0.457 e. The van der Waals surface area contributed by atoms with Crippen molar-refractivity contribution in [3.63, 3.8) is 0 Å². The van der Waals surface area contributed by atoms with Crippen molar-refractivity contribution in [2.75, 3.05) is 0 Å². The Labute approximate surface area is 157 Å². The average molecular weight is 358 g/mol. The van der Waals surface area contributed by atoms with Crippen molar-refractivity contribution < 1.29 is 14.3 Å². The molecular weight excluding hydrogens is 340 g/mol. The topological polar surface area (TPSA) is 85.3 Å². The Morgan fingerprint density at radius 1 is 1.07 bits per heavy atom. The van der Waals surface area contributed by atoms with Gasteiger partial charge < -0.3 is 15.2 Å². The Morgan fingerprint density at radius 3 is 2.63 bits per heavy atom. The highest BCUT2D eigenvalue weighted by molar-refractivity contribution is 5.99. The van der Waals surface area contributed by atoms with Crippen molar-refractivity contribution in [2.45, 2.75) is 25.2 Å². The Morgan fingerprint density at radius 2 is 1.85 bits per heavy atom. The zero-order valence-electron chi connectivity index (χ0n) is 14.6. The van der Waals surface area contributed by atoms with Crippen molar-refractivity contribution in [3.8, 4) is 17.6 Å². The zero-order chi connectivity index (χ0) is 18.8. The molecule has 1 atom stereocenters. The van der Waals surface area contributed by atoms with Crippen LogP contribution in [-0.2, 0) is 9.53 Å². The molecule has 2 N–H and O–H groups in total. The number of nitriles is 1. The molecule has 1 heterocycles. The Balaban J connectivity index is 1.77. The predicted molar refractivity (Wildman–Crippen MR) is 99.5 cm³/mol. The molecule has 0 unspecified atom stereocenters. The molecule has 27 heavy (non-hydrogen) atoms. The maximum absolute atomic E-state index is 12.6. The summed E-state index contributed by atoms with van der Waals surface area (Å²) in [5, 5.41) is 9.64. The number of hydrogen-bond donors (Lipinski definition) is 1. The smallest absolute Gasteiger partial charge is 0.205 e. The highest BCUT2D eigenvalue weighted by atomic mass is 16.5. The first-order valence-corrected chi connectivity index (χ1v) is 8.84. The van der Waals surface area contributed by atoms with Crippen LogP contribution in [0.15, 0.2) is 77.4 Å². The molecule has 0 aromatic heterocycles. The SMILES string of the molecule is N#CC1=C(N)OC2=C(C(=O)CCC2)[C@H]1c1cccc(Oc2ccccc2)c1. The number of nitrogens with two attached hydrogens (primary N) is 1. The van der Waals surface area contributed by atoms with E-state index < -0.39 is 5.92 Å². The summed E-state index contributed by atoms with van der Waals surface area (Å²) < 4.78 is 11.5. The van der Waals surface area contributed by atoms with Crippen LogP contribution in [-0.4, -0.2) is 5.78 Å². The molecule has 4 rings (SSSR count). The molecule has 2 aliphatic rings. The summed E-state index contributed by atoms with van der Waals surface area (Å²) in [7, 11) is 0. The fourth-order valence-electron chi connectivity index (χ4n) is 3.57. The van der Waals surface area contributed by atoms with Crippen molar-refractivity contribution in [1.29, 1.82) is 5.26 Å². The van der Waals surface area contributed by atoms with E-state index in [0.717, 1.165) is 12.0 Å². The molecule has 5 heteroatoms. The molecule has 0 bridgehead atoms. The van der Waals surface area contributed by atoms with Gasteiger partial charge in [0.15, 0.2) is 5.78 Å². The van der Waals surface area contributed by atoms with Crippen LogP contribution >= 0.6 is 0 Å². The van der Waals surface area contributed by atoms with Crippen LogP contribution in [0.25, 0.3) is 0 Å². The van der Waals surface area contributed by atoms with E-state index in [1.807, 2.05) is 54.6 Å². The van der Waals surface area contributed by atoms with Gasteiger partial charge in [-0.2, -0.15) is 5.26 Å². The standard InChI is InChI=1S/C22H18N2O3/c23-13-17-20(21-18(25)10-5-11-19(21)27-22(17)24)14-6-4-9-16(12-14)26-15-7-2-1-3-8-15/h1-4,6-9,12,20H,5,10-11,24H2/t20-/m0/s1. The monoisotopic (exact) mass is 358 g/mol. The number of nitrogens with zero attached hydrogens (tertiary/aromatic N) is 1. The van der Waals surface area contributed by atoms with Gasteiger partial charge in [0.1, 0.15) is 28.9 Å². The van der Waals surface area contributed by atoms with Gasteiger partial charge in [0, 0.05) is 18.4 Å². The molecule has 5 nitrogen and oxygen atoms in total. The van der Waals surface area contributed by atoms with E-state index in [4.69, 9.17) is 15.2 Å². The van der Waals surface area contributed by atoms with Gasteiger partial charge in [-0.3, -0.25) is 4.79 Å². The van der Waals surface area contributed by atoms with Crippen LogP contribution in [0.4, 0.5) is 0 Å². The number of ketones is 1. The van der Waals surface area contributed by atoms with E-state index in [1.54, 1.807) is 0 Å². The first-order valence-electron chi connectivity index (χ1n) is 8.84. The van der Waals surface area contributed by atoms with E-state index >= 15 is 0 Å². The number of allylic oxidation sites excluding steroid dienone is 3. The van der Waals surface area contributed by atoms with Crippen LogP contribution in [0.1, 0.15) is 30.7 Å². The minimum atomic E-state index is -0.522. The second-order valence-electron chi connectivity index (χ2n) is 6.53. The number of ether oxygens (including phenoxy) is 2. The summed E-state index contributed by atoms with van der Waals surface area (Å²) in [6, 6.07) is 19.0. The summed E-state index contributed by atoms with van der Waals surface area (Å²) in [5.74, 6) is 1.49. The van der Waals surface area contributed by atoms with E-state index in [2.05, 4.69) is 6.07 Å². The predicted octanol–water partition coefficient (Wildman–Crippen LogP) is 4.29. The molecule has 134 valence electrons. The Bertz CT molecular complexity index is 1000. The lowest BCUT2D eigenvalue weighted by atomic mass is 9.77. The summed E-state index contributed by atoms with van der Waals surface area (Å²) in [4.78, 5) is 12.6. The van der Waals surface area contributed by atoms with Gasteiger partial charge in [0.2, 0.25) is 5.88 Å². The van der Waals surface area contributed by atoms with Crippen LogP contribution < -0.4 is 10.5 Å². The van der Waals surface area contributed by atoms with Crippen LogP contribution in [0, 0.1) is 11.3 Å². The molecular formula is C22H18N2O3. The maximum atomic E-state index is 12.6. The number of benzene rings is 2. The summed E-state index contributed by atoms with van der Waals surface area (Å²) in [6.45, 7) is 0. The molecule has 0 spiro atoms. The van der Waals surface area contributed by atoms with Gasteiger partial charge in [-0.1, -0.05) is 30.3 Å². The number of hydrogen-bond acceptors (Lipinski definition) is 5. The third-order valence-corrected chi connectivity index (χ3v) is 4.78. The average Bonchev–Trinajstić information content (AvgIpc) is 2.68. The van der Waals surface area contributed by atoms with Crippen molar-refractivity contribution >= 4 is 5.78 Å². The number of rotatable bonds is 3. The highest BCUT2D eigenvalue weighted by Crippen LogP contribution is 2.44. The molecule has 0 saturated heterocycles. The third kappa shape index (κ3) is 3.18. The van der Waals surface area contributed by atoms with E-state index in [-0.39, 0.29) is 17.2 Å². The first kappa shape index (κ1) is 16.9. The van der Waals surface area contributed by atoms with E-state index in [9.17, 15) is 10.1 Å². The molecule has 2 aromatic carbocycles. The van der Waals surface area contributed by atoms with Gasteiger partial charge in [-0.05, 0) is 36.2 Å². The van der Waals surface area contributed by atoms with Gasteiger partial charge >= 0.3 is 0 Å². The van der Waals surface area contributed by atoms with Crippen LogP contribution in [0.2, 0.25) is 0 Å². The number of Topliss-reactive ketones (excluding diaryl/α,β-unsaturated/α-hetero) is 1. The van der Waals surface area contributed by atoms with Gasteiger partial charge in [0.05, 0.1) is 5.92 Å². The minimum absolute atomic E-state index is 0.0101. The van der Waals surface area contributed by atoms with Gasteiger partial charge in [0.25, 0.3) is 0 Å². The van der Waals surface area contributed by atoms with Crippen LogP contribution in [0.3, 0.4) is 0 Å². The summed E-state index contributed by atoms with van der Waals surface area (Å²) in [5.41, 5.74) is 7.59. The zero-order valence-corrected chi connectivity index (χ0v) is 14.6. The molecule has 0 saturated carbocycles. The number of carbonyl (C=O) groups excluding carboxylic acids is 1. The number of carbonyl (C=O) groups is 1. The highest BCUT2D eigenvalue weighted by Gasteiger charge is 2.38. The van der Waals surface area contributed by atoms with Gasteiger partial charge in [-0.15, -0.1) is 0 Å². The van der Waals surface area contributed by atoms with Crippen molar-refractivity contribution in [3.05, 3.63) is 82.9 Å². The van der Waals surface area contributed by atoms with Crippen molar-refractivity contribution in [2.24, 2.45) is 5.73 Å². The Hall–Kier alpha value is -3.52. The molecule has 1 aliphatic carbocycles. The van der Waals surface area contributed by atoms with Crippen LogP contribution in [0.5, 0.6) is 11.5 Å². The lowest BCUT2D eigenvalue weighted by Gasteiger charge is -2.31. The van der Waals surface area contributed by atoms with E-state index in [0.29, 0.717) is 35.7 Å². The Kier molecular flexibility index (Phi) is 4.39. The second-order valence-corrected chi connectivity index (χ2v) is 6.53. The second kappa shape index (κ2) is 7.00. The molecule has 1 aliphatic heterocycles. The first-order chi connectivity index (χ1) is 13.2. The van der Waals surface area contributed by atoms with Crippen molar-refractivity contribution in [1.82, 2.24) is 0 Å².